The van der Waals surface area contributed by atoms with Gasteiger partial charge in [-0.25, -0.2) is 8.78 Å². The van der Waals surface area contributed by atoms with Crippen molar-refractivity contribution in [3.63, 3.8) is 0 Å². The van der Waals surface area contributed by atoms with Gasteiger partial charge >= 0.3 is 0 Å². The van der Waals surface area contributed by atoms with E-state index in [0.717, 1.165) is 16.8 Å². The van der Waals surface area contributed by atoms with Gasteiger partial charge in [-0.3, -0.25) is 0 Å². The first-order valence-electron chi connectivity index (χ1n) is 5.95. The highest BCUT2D eigenvalue weighted by molar-refractivity contribution is 6.31. The van der Waals surface area contributed by atoms with E-state index in [1.54, 1.807) is 12.1 Å². The normalized spacial score (nSPS) is 12.3. The summed E-state index contributed by atoms with van der Waals surface area (Å²) in [6.45, 7) is 3.74. The highest BCUT2D eigenvalue weighted by Crippen LogP contribution is 2.28. The molecule has 0 aliphatic heterocycles. The highest BCUT2D eigenvalue weighted by atomic mass is 35.5. The van der Waals surface area contributed by atoms with Crippen LogP contribution in [0.25, 0.3) is 0 Å². The highest BCUT2D eigenvalue weighted by Gasteiger charge is 2.11. The molecule has 0 amide bonds. The summed E-state index contributed by atoms with van der Waals surface area (Å²) in [5, 5.41) is 3.62. The summed E-state index contributed by atoms with van der Waals surface area (Å²) in [4.78, 5) is 0. The van der Waals surface area contributed by atoms with Crippen molar-refractivity contribution in [2.45, 2.75) is 19.9 Å². The lowest BCUT2D eigenvalue weighted by Crippen LogP contribution is -2.08. The summed E-state index contributed by atoms with van der Waals surface area (Å²) in [7, 11) is 0. The van der Waals surface area contributed by atoms with E-state index in [-0.39, 0.29) is 17.7 Å². The van der Waals surface area contributed by atoms with Crippen LogP contribution in [0.5, 0.6) is 0 Å². The molecular formula is C15H14ClF2N. The van der Waals surface area contributed by atoms with E-state index in [1.165, 1.54) is 24.3 Å². The Labute approximate surface area is 116 Å². The SMILES string of the molecule is Cc1cc(F)ccc1NC(C)c1ccc(F)cc1Cl. The Hall–Kier alpha value is -1.61. The molecule has 0 saturated heterocycles. The summed E-state index contributed by atoms with van der Waals surface area (Å²) < 4.78 is 26.0. The molecule has 1 nitrogen and oxygen atoms in total. The molecule has 0 fully saturated rings. The molecule has 2 aromatic carbocycles. The number of benzene rings is 2. The fourth-order valence-corrected chi connectivity index (χ4v) is 2.28. The van der Waals surface area contributed by atoms with Crippen molar-refractivity contribution in [1.29, 1.82) is 0 Å². The number of aryl methyl sites for hydroxylation is 1. The zero-order valence-electron chi connectivity index (χ0n) is 10.7. The first-order chi connectivity index (χ1) is 8.97. The van der Waals surface area contributed by atoms with Crippen molar-refractivity contribution in [3.05, 3.63) is 64.2 Å². The fourth-order valence-electron chi connectivity index (χ4n) is 1.95. The van der Waals surface area contributed by atoms with Crippen LogP contribution in [0.15, 0.2) is 36.4 Å². The number of nitrogens with one attached hydrogen (secondary N) is 1. The van der Waals surface area contributed by atoms with Gasteiger partial charge in [0, 0.05) is 10.7 Å². The van der Waals surface area contributed by atoms with Crippen LogP contribution < -0.4 is 5.32 Å². The van der Waals surface area contributed by atoms with Crippen molar-refractivity contribution in [2.24, 2.45) is 0 Å². The maximum atomic E-state index is 13.0. The van der Waals surface area contributed by atoms with E-state index < -0.39 is 0 Å². The van der Waals surface area contributed by atoms with E-state index in [2.05, 4.69) is 5.32 Å². The monoisotopic (exact) mass is 281 g/mol. The van der Waals surface area contributed by atoms with E-state index in [4.69, 9.17) is 11.6 Å². The molecule has 0 aliphatic rings. The molecule has 0 spiro atoms. The number of anilines is 1. The minimum atomic E-state index is -0.362. The molecule has 0 radical (unpaired) electrons. The smallest absolute Gasteiger partial charge is 0.124 e. The molecular weight excluding hydrogens is 268 g/mol. The van der Waals surface area contributed by atoms with E-state index in [0.29, 0.717) is 5.02 Å². The number of hydrogen-bond donors (Lipinski definition) is 1. The topological polar surface area (TPSA) is 12.0 Å². The molecule has 4 heteroatoms. The van der Waals surface area contributed by atoms with Gasteiger partial charge in [-0.15, -0.1) is 0 Å². The predicted molar refractivity (Wildman–Crippen MR) is 74.6 cm³/mol. The van der Waals surface area contributed by atoms with E-state index >= 15 is 0 Å². The van der Waals surface area contributed by atoms with Crippen molar-refractivity contribution < 1.29 is 8.78 Å². The zero-order chi connectivity index (χ0) is 14.0. The van der Waals surface area contributed by atoms with Gasteiger partial charge in [0.2, 0.25) is 0 Å². The zero-order valence-corrected chi connectivity index (χ0v) is 11.4. The number of halogens is 3. The quantitative estimate of drug-likeness (QED) is 0.825. The molecule has 1 atom stereocenters. The lowest BCUT2D eigenvalue weighted by molar-refractivity contribution is 0.625. The van der Waals surface area contributed by atoms with Crippen molar-refractivity contribution in [3.8, 4) is 0 Å². The largest absolute Gasteiger partial charge is 0.378 e. The molecule has 0 aliphatic carbocycles. The molecule has 1 unspecified atom stereocenters. The molecule has 2 rings (SSSR count). The second-order valence-corrected chi connectivity index (χ2v) is 4.90. The first kappa shape index (κ1) is 13.8. The van der Waals surface area contributed by atoms with Gasteiger partial charge < -0.3 is 5.32 Å². The van der Waals surface area contributed by atoms with Crippen molar-refractivity contribution >= 4 is 17.3 Å². The standard InChI is InChI=1S/C15H14ClF2N/c1-9-7-11(17)4-6-15(9)19-10(2)13-5-3-12(18)8-14(13)16/h3-8,10,19H,1-2H3. The summed E-state index contributed by atoms with van der Waals surface area (Å²) >= 11 is 6.02. The van der Waals surface area contributed by atoms with Crippen molar-refractivity contribution in [2.75, 3.05) is 5.32 Å². The second kappa shape index (κ2) is 5.57. The van der Waals surface area contributed by atoms with Gasteiger partial charge in [-0.05, 0) is 55.3 Å². The molecule has 0 bridgehead atoms. The Morgan fingerprint density at radius 1 is 1.05 bits per heavy atom. The Morgan fingerprint density at radius 2 is 1.68 bits per heavy atom. The number of hydrogen-bond acceptors (Lipinski definition) is 1. The maximum Gasteiger partial charge on any atom is 0.124 e. The maximum absolute atomic E-state index is 13.0. The molecule has 1 N–H and O–H groups in total. The van der Waals surface area contributed by atoms with Crippen LogP contribution in [0.3, 0.4) is 0 Å². The molecule has 2 aromatic rings. The molecule has 0 aromatic heterocycles. The average molecular weight is 282 g/mol. The minimum absolute atomic E-state index is 0.0998. The van der Waals surface area contributed by atoms with Crippen LogP contribution in [-0.4, -0.2) is 0 Å². The Bertz CT molecular complexity index is 599. The third kappa shape index (κ3) is 3.24. The van der Waals surface area contributed by atoms with Crippen LogP contribution in [0.4, 0.5) is 14.5 Å². The first-order valence-corrected chi connectivity index (χ1v) is 6.33. The summed E-state index contributed by atoms with van der Waals surface area (Å²) in [5.41, 5.74) is 2.44. The van der Waals surface area contributed by atoms with Crippen LogP contribution in [0, 0.1) is 18.6 Å². The Balaban J connectivity index is 2.23. The second-order valence-electron chi connectivity index (χ2n) is 4.49. The number of rotatable bonds is 3. The van der Waals surface area contributed by atoms with Gasteiger partial charge in [0.25, 0.3) is 0 Å². The van der Waals surface area contributed by atoms with Gasteiger partial charge in [0.05, 0.1) is 6.04 Å². The Kier molecular flexibility index (Phi) is 4.05. The van der Waals surface area contributed by atoms with Crippen LogP contribution in [-0.2, 0) is 0 Å². The summed E-state index contributed by atoms with van der Waals surface area (Å²) in [6, 6.07) is 8.74. The molecule has 0 saturated carbocycles. The van der Waals surface area contributed by atoms with Crippen LogP contribution in [0.2, 0.25) is 5.02 Å². The van der Waals surface area contributed by atoms with Gasteiger partial charge in [0.1, 0.15) is 11.6 Å². The van der Waals surface area contributed by atoms with Crippen LogP contribution in [0.1, 0.15) is 24.1 Å². The molecule has 19 heavy (non-hydrogen) atoms. The van der Waals surface area contributed by atoms with Gasteiger partial charge in [-0.1, -0.05) is 17.7 Å². The average Bonchev–Trinajstić information content (AvgIpc) is 2.32. The lowest BCUT2D eigenvalue weighted by atomic mass is 10.1. The van der Waals surface area contributed by atoms with Gasteiger partial charge in [0.15, 0.2) is 0 Å². The predicted octanol–water partition coefficient (Wildman–Crippen LogP) is 5.10. The Morgan fingerprint density at radius 3 is 2.32 bits per heavy atom. The fraction of sp³-hybridized carbons (Fsp3) is 0.200. The third-order valence-electron chi connectivity index (χ3n) is 2.99. The third-order valence-corrected chi connectivity index (χ3v) is 3.32. The molecule has 0 heterocycles. The minimum Gasteiger partial charge on any atom is -0.378 e. The van der Waals surface area contributed by atoms with Crippen molar-refractivity contribution in [1.82, 2.24) is 0 Å². The van der Waals surface area contributed by atoms with Gasteiger partial charge in [-0.2, -0.15) is 0 Å². The van der Waals surface area contributed by atoms with Crippen LogP contribution >= 0.6 is 11.6 Å². The summed E-state index contributed by atoms with van der Waals surface area (Å²) in [6.07, 6.45) is 0. The summed E-state index contributed by atoms with van der Waals surface area (Å²) in [5.74, 6) is -0.630. The van der Waals surface area contributed by atoms with E-state index in [1.807, 2.05) is 13.8 Å². The lowest BCUT2D eigenvalue weighted by Gasteiger charge is -2.18. The van der Waals surface area contributed by atoms with E-state index in [9.17, 15) is 8.78 Å². The molecule has 100 valence electrons.